The van der Waals surface area contributed by atoms with Gasteiger partial charge in [0.2, 0.25) is 0 Å². The Labute approximate surface area is 148 Å². The summed E-state index contributed by atoms with van der Waals surface area (Å²) in [6.07, 6.45) is 5.68. The zero-order chi connectivity index (χ0) is 17.2. The Morgan fingerprint density at radius 2 is 2.20 bits per heavy atom. The van der Waals surface area contributed by atoms with E-state index >= 15 is 0 Å². The van der Waals surface area contributed by atoms with Gasteiger partial charge in [0.25, 0.3) is 11.5 Å². The summed E-state index contributed by atoms with van der Waals surface area (Å²) in [4.78, 5) is 28.6. The number of aromatic amines is 2. The molecule has 25 heavy (non-hydrogen) atoms. The molecule has 3 aromatic heterocycles. The number of nitrogens with one attached hydrogen (secondary N) is 3. The van der Waals surface area contributed by atoms with Gasteiger partial charge in [0.05, 0.1) is 16.8 Å². The number of pyridine rings is 1. The Morgan fingerprint density at radius 1 is 1.32 bits per heavy atom. The van der Waals surface area contributed by atoms with Crippen LogP contribution in [-0.2, 0) is 19.4 Å². The van der Waals surface area contributed by atoms with Crippen LogP contribution in [0, 0.1) is 0 Å². The Bertz CT molecular complexity index is 956. The van der Waals surface area contributed by atoms with Crippen molar-refractivity contribution in [2.24, 2.45) is 0 Å². The van der Waals surface area contributed by atoms with Crippen LogP contribution in [0.15, 0.2) is 34.6 Å². The molecule has 0 saturated heterocycles. The fourth-order valence-corrected chi connectivity index (χ4v) is 3.95. The first kappa shape index (κ1) is 15.8. The number of carbonyl (C=O) groups excluding carboxylic acids is 1. The van der Waals surface area contributed by atoms with E-state index in [-0.39, 0.29) is 17.0 Å². The number of amides is 1. The molecule has 3 aromatic rings. The van der Waals surface area contributed by atoms with Crippen molar-refractivity contribution in [2.45, 2.75) is 32.2 Å². The molecule has 0 aliphatic heterocycles. The van der Waals surface area contributed by atoms with Crippen LogP contribution in [0.1, 0.15) is 40.0 Å². The minimum Gasteiger partial charge on any atom is -0.348 e. The molecule has 3 N–H and O–H groups in total. The molecule has 0 radical (unpaired) electrons. The molecule has 1 aliphatic carbocycles. The summed E-state index contributed by atoms with van der Waals surface area (Å²) in [6.45, 7) is 0.319. The van der Waals surface area contributed by atoms with Gasteiger partial charge >= 0.3 is 0 Å². The van der Waals surface area contributed by atoms with Crippen molar-refractivity contribution in [2.75, 3.05) is 0 Å². The Kier molecular flexibility index (Phi) is 4.23. The summed E-state index contributed by atoms with van der Waals surface area (Å²) in [5.41, 5.74) is 3.71. The third kappa shape index (κ3) is 3.15. The van der Waals surface area contributed by atoms with Gasteiger partial charge in [-0.2, -0.15) is 5.10 Å². The molecule has 0 fully saturated rings. The van der Waals surface area contributed by atoms with E-state index in [4.69, 9.17) is 0 Å². The maximum absolute atomic E-state index is 12.5. The maximum atomic E-state index is 12.5. The number of hydrogen-bond donors (Lipinski definition) is 3. The molecular weight excluding hydrogens is 336 g/mol. The number of carbonyl (C=O) groups is 1. The normalized spacial score (nSPS) is 13.4. The molecule has 0 bridgehead atoms. The topological polar surface area (TPSA) is 90.6 Å². The number of H-pyrrole nitrogens is 2. The monoisotopic (exact) mass is 354 g/mol. The van der Waals surface area contributed by atoms with Gasteiger partial charge in [-0.15, -0.1) is 11.3 Å². The summed E-state index contributed by atoms with van der Waals surface area (Å²) in [6, 6.07) is 5.71. The standard InChI is InChI=1S/C18H18N4O2S/c23-17(13-8-11-4-1-2-5-14(11)21-18(13)24)19-9-12-10-20-22-16(12)15-6-3-7-25-15/h3,6-8,10H,1-2,4-5,9H2,(H,19,23)(H,20,22)(H,21,24). The minimum absolute atomic E-state index is 0.182. The molecule has 0 aromatic carbocycles. The molecular formula is C18H18N4O2S. The minimum atomic E-state index is -0.354. The molecule has 3 heterocycles. The van der Waals surface area contributed by atoms with E-state index in [1.807, 2.05) is 17.5 Å². The zero-order valence-corrected chi connectivity index (χ0v) is 14.4. The first-order chi connectivity index (χ1) is 12.2. The van der Waals surface area contributed by atoms with E-state index in [1.165, 1.54) is 0 Å². The summed E-state index contributed by atoms with van der Waals surface area (Å²) in [7, 11) is 0. The number of thiophene rings is 1. The highest BCUT2D eigenvalue weighted by atomic mass is 32.1. The lowest BCUT2D eigenvalue weighted by Gasteiger charge is -2.15. The molecule has 1 aliphatic rings. The van der Waals surface area contributed by atoms with E-state index in [1.54, 1.807) is 23.6 Å². The van der Waals surface area contributed by atoms with Crippen molar-refractivity contribution in [1.82, 2.24) is 20.5 Å². The van der Waals surface area contributed by atoms with Gasteiger partial charge in [-0.3, -0.25) is 14.7 Å². The quantitative estimate of drug-likeness (QED) is 0.673. The molecule has 7 heteroatoms. The van der Waals surface area contributed by atoms with Crippen LogP contribution in [0.5, 0.6) is 0 Å². The van der Waals surface area contributed by atoms with Crippen molar-refractivity contribution >= 4 is 17.2 Å². The van der Waals surface area contributed by atoms with Crippen molar-refractivity contribution in [3.8, 4) is 10.6 Å². The van der Waals surface area contributed by atoms with Gasteiger partial charge in [-0.1, -0.05) is 6.07 Å². The maximum Gasteiger partial charge on any atom is 0.261 e. The van der Waals surface area contributed by atoms with Gasteiger partial charge in [0, 0.05) is 17.8 Å². The lowest BCUT2D eigenvalue weighted by Crippen LogP contribution is -2.30. The molecule has 0 unspecified atom stereocenters. The highest BCUT2D eigenvalue weighted by Gasteiger charge is 2.17. The van der Waals surface area contributed by atoms with Crippen LogP contribution in [0.2, 0.25) is 0 Å². The van der Waals surface area contributed by atoms with Crippen LogP contribution in [-0.4, -0.2) is 21.1 Å². The van der Waals surface area contributed by atoms with Gasteiger partial charge in [0.15, 0.2) is 0 Å². The van der Waals surface area contributed by atoms with Crippen molar-refractivity contribution in [1.29, 1.82) is 0 Å². The molecule has 6 nitrogen and oxygen atoms in total. The Morgan fingerprint density at radius 3 is 3.04 bits per heavy atom. The highest BCUT2D eigenvalue weighted by molar-refractivity contribution is 7.13. The zero-order valence-electron chi connectivity index (χ0n) is 13.6. The number of fused-ring (bicyclic) bond motifs is 1. The first-order valence-electron chi connectivity index (χ1n) is 8.32. The fraction of sp³-hybridized carbons (Fsp3) is 0.278. The van der Waals surface area contributed by atoms with E-state index in [9.17, 15) is 9.59 Å². The van der Waals surface area contributed by atoms with Crippen molar-refractivity contribution in [3.05, 3.63) is 62.5 Å². The third-order valence-electron chi connectivity index (χ3n) is 4.51. The first-order valence-corrected chi connectivity index (χ1v) is 9.20. The number of nitrogens with zero attached hydrogens (tertiary/aromatic N) is 1. The van der Waals surface area contributed by atoms with Gasteiger partial charge in [0.1, 0.15) is 5.56 Å². The van der Waals surface area contributed by atoms with E-state index in [0.29, 0.717) is 6.54 Å². The predicted molar refractivity (Wildman–Crippen MR) is 96.8 cm³/mol. The van der Waals surface area contributed by atoms with E-state index < -0.39 is 0 Å². The Balaban J connectivity index is 1.52. The predicted octanol–water partition coefficient (Wildman–Crippen LogP) is 2.64. The Hall–Kier alpha value is -2.67. The molecule has 0 atom stereocenters. The average molecular weight is 354 g/mol. The largest absolute Gasteiger partial charge is 0.348 e. The van der Waals surface area contributed by atoms with Crippen molar-refractivity contribution < 1.29 is 4.79 Å². The van der Waals surface area contributed by atoms with Crippen molar-refractivity contribution in [3.63, 3.8) is 0 Å². The van der Waals surface area contributed by atoms with Crippen LogP contribution in [0.3, 0.4) is 0 Å². The van der Waals surface area contributed by atoms with Crippen LogP contribution in [0.4, 0.5) is 0 Å². The van der Waals surface area contributed by atoms with Gasteiger partial charge < -0.3 is 10.3 Å². The molecule has 1 amide bonds. The summed E-state index contributed by atoms with van der Waals surface area (Å²) >= 11 is 1.60. The van der Waals surface area contributed by atoms with E-state index in [0.717, 1.165) is 53.1 Å². The van der Waals surface area contributed by atoms with Crippen LogP contribution >= 0.6 is 11.3 Å². The third-order valence-corrected chi connectivity index (χ3v) is 5.39. The average Bonchev–Trinajstić information content (AvgIpc) is 3.30. The lowest BCUT2D eigenvalue weighted by atomic mass is 9.95. The molecule has 0 saturated carbocycles. The second-order valence-electron chi connectivity index (χ2n) is 6.15. The van der Waals surface area contributed by atoms with Gasteiger partial charge in [-0.05, 0) is 48.8 Å². The number of rotatable bonds is 4. The number of aryl methyl sites for hydroxylation is 2. The van der Waals surface area contributed by atoms with E-state index in [2.05, 4.69) is 20.5 Å². The lowest BCUT2D eigenvalue weighted by molar-refractivity contribution is 0.0949. The summed E-state index contributed by atoms with van der Waals surface area (Å²) < 4.78 is 0. The summed E-state index contributed by atoms with van der Waals surface area (Å²) in [5, 5.41) is 11.9. The summed E-state index contributed by atoms with van der Waals surface area (Å²) in [5.74, 6) is -0.354. The van der Waals surface area contributed by atoms with Gasteiger partial charge in [-0.25, -0.2) is 0 Å². The van der Waals surface area contributed by atoms with Crippen LogP contribution < -0.4 is 10.9 Å². The SMILES string of the molecule is O=C(NCc1cn[nH]c1-c1cccs1)c1cc2c([nH]c1=O)CCCC2. The second kappa shape index (κ2) is 6.68. The van der Waals surface area contributed by atoms with Crippen LogP contribution in [0.25, 0.3) is 10.6 Å². The highest BCUT2D eigenvalue weighted by Crippen LogP contribution is 2.25. The fourth-order valence-electron chi connectivity index (χ4n) is 3.19. The molecule has 0 spiro atoms. The number of hydrogen-bond acceptors (Lipinski definition) is 4. The second-order valence-corrected chi connectivity index (χ2v) is 7.10. The smallest absolute Gasteiger partial charge is 0.261 e. The molecule has 128 valence electrons. The molecule has 4 rings (SSSR count). The number of aromatic nitrogens is 3.